The Kier molecular flexibility index (Phi) is 9.18. The fraction of sp³-hybridized carbons (Fsp3) is 0.909. The van der Waals surface area contributed by atoms with E-state index in [-0.39, 0.29) is 18.3 Å². The molecule has 0 aromatic rings. The van der Waals surface area contributed by atoms with Crippen molar-refractivity contribution >= 4 is 30.1 Å². The van der Waals surface area contributed by atoms with E-state index in [1.807, 2.05) is 23.7 Å². The van der Waals surface area contributed by atoms with E-state index < -0.39 is 0 Å². The summed E-state index contributed by atoms with van der Waals surface area (Å²) in [6, 6.07) is 0.389. The molecule has 0 aromatic carbocycles. The zero-order valence-electron chi connectivity index (χ0n) is 10.2. The Morgan fingerprint density at radius 3 is 2.88 bits per heavy atom. The van der Waals surface area contributed by atoms with E-state index in [0.717, 1.165) is 31.7 Å². The molecule has 1 atom stereocenters. The summed E-state index contributed by atoms with van der Waals surface area (Å²) in [5.74, 6) is 2.53. The fourth-order valence-corrected chi connectivity index (χ4v) is 2.59. The van der Waals surface area contributed by atoms with Crippen LogP contribution in [-0.4, -0.2) is 48.5 Å². The first kappa shape index (κ1) is 16.1. The average molecular weight is 267 g/mol. The van der Waals surface area contributed by atoms with E-state index in [2.05, 4.69) is 12.2 Å². The third-order valence-electron chi connectivity index (χ3n) is 2.69. The van der Waals surface area contributed by atoms with E-state index in [0.29, 0.717) is 12.5 Å². The van der Waals surface area contributed by atoms with Gasteiger partial charge >= 0.3 is 0 Å². The molecule has 1 saturated heterocycles. The zero-order valence-corrected chi connectivity index (χ0v) is 11.8. The molecule has 1 amide bonds. The highest BCUT2D eigenvalue weighted by atomic mass is 35.5. The third-order valence-corrected chi connectivity index (χ3v) is 3.82. The molecule has 1 aliphatic heterocycles. The van der Waals surface area contributed by atoms with E-state index in [4.69, 9.17) is 0 Å². The molecule has 1 fully saturated rings. The fourth-order valence-electron chi connectivity index (χ4n) is 1.64. The Morgan fingerprint density at radius 1 is 1.56 bits per heavy atom. The number of carbonyl (C=O) groups is 1. The maximum Gasteiger partial charge on any atom is 0.223 e. The number of rotatable bonds is 5. The number of carbonyl (C=O) groups excluding carboxylic acids is 1. The highest BCUT2D eigenvalue weighted by Crippen LogP contribution is 2.11. The van der Waals surface area contributed by atoms with Crippen LogP contribution in [0.1, 0.15) is 26.2 Å². The van der Waals surface area contributed by atoms with Crippen LogP contribution in [0.4, 0.5) is 0 Å². The Hall–Kier alpha value is 0.0700. The molecule has 0 saturated carbocycles. The van der Waals surface area contributed by atoms with Crippen LogP contribution in [0.5, 0.6) is 0 Å². The number of nitrogens with one attached hydrogen (secondary N) is 1. The summed E-state index contributed by atoms with van der Waals surface area (Å²) in [5.41, 5.74) is 0. The zero-order chi connectivity index (χ0) is 11.1. The van der Waals surface area contributed by atoms with Crippen molar-refractivity contribution in [2.75, 3.05) is 31.6 Å². The van der Waals surface area contributed by atoms with Gasteiger partial charge in [0, 0.05) is 44.1 Å². The minimum absolute atomic E-state index is 0. The number of amides is 1. The standard InChI is InChI=1S/C11H22N2OS.ClH/c1-3-4-6-13(2)11(14)8-10-9-15-7-5-12-10;/h10,12H,3-9H2,1-2H3;1H. The average Bonchev–Trinajstić information content (AvgIpc) is 2.27. The number of halogens is 1. The molecule has 1 heterocycles. The van der Waals surface area contributed by atoms with Gasteiger partial charge in [-0.1, -0.05) is 13.3 Å². The Bertz CT molecular complexity index is 198. The molecule has 5 heteroatoms. The van der Waals surface area contributed by atoms with Gasteiger partial charge in [0.05, 0.1) is 0 Å². The first-order chi connectivity index (χ1) is 7.24. The molecule has 3 nitrogen and oxygen atoms in total. The molecular formula is C11H23ClN2OS. The minimum Gasteiger partial charge on any atom is -0.346 e. The summed E-state index contributed by atoms with van der Waals surface area (Å²) in [7, 11) is 1.91. The summed E-state index contributed by atoms with van der Waals surface area (Å²) in [4.78, 5) is 13.7. The summed E-state index contributed by atoms with van der Waals surface area (Å²) in [5, 5.41) is 3.39. The van der Waals surface area contributed by atoms with Gasteiger partial charge in [-0.2, -0.15) is 11.8 Å². The lowest BCUT2D eigenvalue weighted by Crippen LogP contribution is -2.41. The van der Waals surface area contributed by atoms with Crippen molar-refractivity contribution < 1.29 is 4.79 Å². The Labute approximate surface area is 109 Å². The largest absolute Gasteiger partial charge is 0.346 e. The van der Waals surface area contributed by atoms with Crippen LogP contribution in [0.25, 0.3) is 0 Å². The first-order valence-corrected chi connectivity index (χ1v) is 6.94. The van der Waals surface area contributed by atoms with Gasteiger partial charge in [0.2, 0.25) is 5.91 Å². The van der Waals surface area contributed by atoms with E-state index in [1.54, 1.807) is 0 Å². The highest BCUT2D eigenvalue weighted by Gasteiger charge is 2.18. The third kappa shape index (κ3) is 5.97. The molecule has 1 rings (SSSR count). The summed E-state index contributed by atoms with van der Waals surface area (Å²) in [6.07, 6.45) is 2.91. The van der Waals surface area contributed by atoms with Crippen LogP contribution in [0.2, 0.25) is 0 Å². The number of hydrogen-bond acceptors (Lipinski definition) is 3. The number of unbranched alkanes of at least 4 members (excludes halogenated alkanes) is 1. The summed E-state index contributed by atoms with van der Waals surface area (Å²) < 4.78 is 0. The molecule has 1 N–H and O–H groups in total. The molecule has 1 unspecified atom stereocenters. The van der Waals surface area contributed by atoms with Crippen molar-refractivity contribution in [2.45, 2.75) is 32.2 Å². The van der Waals surface area contributed by atoms with Gasteiger partial charge in [-0.25, -0.2) is 0 Å². The summed E-state index contributed by atoms with van der Waals surface area (Å²) in [6.45, 7) is 4.09. The van der Waals surface area contributed by atoms with Gasteiger partial charge < -0.3 is 10.2 Å². The lowest BCUT2D eigenvalue weighted by molar-refractivity contribution is -0.130. The smallest absolute Gasteiger partial charge is 0.223 e. The lowest BCUT2D eigenvalue weighted by Gasteiger charge is -2.25. The quantitative estimate of drug-likeness (QED) is 0.823. The van der Waals surface area contributed by atoms with Crippen molar-refractivity contribution in [1.82, 2.24) is 10.2 Å². The van der Waals surface area contributed by atoms with Crippen LogP contribution < -0.4 is 5.32 Å². The van der Waals surface area contributed by atoms with Gasteiger partial charge in [0.15, 0.2) is 0 Å². The second-order valence-corrected chi connectivity index (χ2v) is 5.25. The van der Waals surface area contributed by atoms with E-state index in [1.165, 1.54) is 5.75 Å². The normalized spacial score (nSPS) is 20.0. The molecule has 1 aliphatic rings. The molecule has 0 aliphatic carbocycles. The number of nitrogens with zero attached hydrogens (tertiary/aromatic N) is 1. The first-order valence-electron chi connectivity index (χ1n) is 5.79. The monoisotopic (exact) mass is 266 g/mol. The van der Waals surface area contributed by atoms with Crippen LogP contribution in [0, 0.1) is 0 Å². The van der Waals surface area contributed by atoms with E-state index in [9.17, 15) is 4.79 Å². The second-order valence-electron chi connectivity index (χ2n) is 4.10. The minimum atomic E-state index is 0. The Morgan fingerprint density at radius 2 is 2.31 bits per heavy atom. The van der Waals surface area contributed by atoms with Crippen LogP contribution in [-0.2, 0) is 4.79 Å². The molecule has 0 spiro atoms. The van der Waals surface area contributed by atoms with Crippen molar-refractivity contribution in [1.29, 1.82) is 0 Å². The topological polar surface area (TPSA) is 32.3 Å². The lowest BCUT2D eigenvalue weighted by atomic mass is 10.2. The van der Waals surface area contributed by atoms with Gasteiger partial charge in [-0.15, -0.1) is 12.4 Å². The van der Waals surface area contributed by atoms with Gasteiger partial charge in [0.25, 0.3) is 0 Å². The SMILES string of the molecule is CCCCN(C)C(=O)CC1CSCCN1.Cl. The predicted molar refractivity (Wildman–Crippen MR) is 73.5 cm³/mol. The molecule has 96 valence electrons. The maximum atomic E-state index is 11.8. The van der Waals surface area contributed by atoms with Crippen molar-refractivity contribution in [3.05, 3.63) is 0 Å². The van der Waals surface area contributed by atoms with Crippen LogP contribution in [0.15, 0.2) is 0 Å². The van der Waals surface area contributed by atoms with Crippen LogP contribution in [0.3, 0.4) is 0 Å². The van der Waals surface area contributed by atoms with Gasteiger partial charge in [-0.05, 0) is 6.42 Å². The van der Waals surface area contributed by atoms with Crippen molar-refractivity contribution in [3.63, 3.8) is 0 Å². The molecule has 16 heavy (non-hydrogen) atoms. The number of thioether (sulfide) groups is 1. The maximum absolute atomic E-state index is 11.8. The van der Waals surface area contributed by atoms with Crippen molar-refractivity contribution in [3.8, 4) is 0 Å². The summed E-state index contributed by atoms with van der Waals surface area (Å²) >= 11 is 1.94. The highest BCUT2D eigenvalue weighted by molar-refractivity contribution is 7.99. The Balaban J connectivity index is 0.00000225. The number of hydrogen-bond donors (Lipinski definition) is 1. The molecule has 0 bridgehead atoms. The van der Waals surface area contributed by atoms with E-state index >= 15 is 0 Å². The van der Waals surface area contributed by atoms with Gasteiger partial charge in [0.1, 0.15) is 0 Å². The van der Waals surface area contributed by atoms with Crippen LogP contribution >= 0.6 is 24.2 Å². The molecule has 0 aromatic heterocycles. The van der Waals surface area contributed by atoms with Gasteiger partial charge in [-0.3, -0.25) is 4.79 Å². The second kappa shape index (κ2) is 9.14. The molecule has 0 radical (unpaired) electrons. The predicted octanol–water partition coefficient (Wildman–Crippen LogP) is 1.76. The van der Waals surface area contributed by atoms with Crippen molar-refractivity contribution in [2.24, 2.45) is 0 Å². The molecular weight excluding hydrogens is 244 g/mol.